The molecule has 5 aromatic rings. The largest absolute Gasteiger partial charge is 0.366 e. The lowest BCUT2D eigenvalue weighted by Gasteiger charge is -2.36. The number of amides is 1. The number of nitrogens with zero attached hydrogens (tertiary/aromatic N) is 6. The molecule has 3 aromatic carbocycles. The van der Waals surface area contributed by atoms with E-state index in [0.29, 0.717) is 72.3 Å². The molecule has 0 unspecified atom stereocenters. The maximum Gasteiger partial charge on any atom is 0.222 e. The third kappa shape index (κ3) is 6.06. The maximum atomic E-state index is 14.1. The number of carbonyl (C=O) groups is 1. The van der Waals surface area contributed by atoms with Crippen molar-refractivity contribution < 1.29 is 18.0 Å². The number of anilines is 1. The zero-order valence-corrected chi connectivity index (χ0v) is 23.7. The number of unbranched alkanes of at least 4 members (excludes halogenated alkanes) is 1. The summed E-state index contributed by atoms with van der Waals surface area (Å²) in [6.45, 7) is 2.81. The van der Waals surface area contributed by atoms with E-state index < -0.39 is 0 Å². The Hall–Kier alpha value is -4.12. The van der Waals surface area contributed by atoms with Gasteiger partial charge in [-0.15, -0.1) is 10.2 Å². The van der Waals surface area contributed by atoms with Gasteiger partial charge in [-0.05, 0) is 60.9 Å². The van der Waals surface area contributed by atoms with Crippen LogP contribution in [0.15, 0.2) is 71.9 Å². The lowest BCUT2D eigenvalue weighted by molar-refractivity contribution is -0.131. The molecule has 3 heterocycles. The summed E-state index contributed by atoms with van der Waals surface area (Å²) in [5.74, 6) is -0.0878. The standard InChI is InChI=1S/C31H29F3N6OS/c32-22-10-8-21(9-11-22)20-40-26-13-12-23(33)19-24(26)29-30(40)35-31(37-36-29)42-18-4-3-7-28(41)39-16-14-38(15-17-39)27-6-2-1-5-25(27)34/h1-2,5-6,8-13,19H,3-4,7,14-18,20H2. The summed E-state index contributed by atoms with van der Waals surface area (Å²) in [7, 11) is 0. The highest BCUT2D eigenvalue weighted by Crippen LogP contribution is 2.29. The highest BCUT2D eigenvalue weighted by molar-refractivity contribution is 7.99. The molecule has 0 atom stereocenters. The fraction of sp³-hybridized carbons (Fsp3) is 0.290. The van der Waals surface area contributed by atoms with Crippen LogP contribution in [0.25, 0.3) is 22.1 Å². The summed E-state index contributed by atoms with van der Waals surface area (Å²) < 4.78 is 43.6. The third-order valence-corrected chi connectivity index (χ3v) is 8.43. The van der Waals surface area contributed by atoms with E-state index >= 15 is 0 Å². The van der Waals surface area contributed by atoms with Gasteiger partial charge in [0.15, 0.2) is 5.65 Å². The molecule has 1 saturated heterocycles. The number of benzene rings is 3. The maximum absolute atomic E-state index is 14.1. The van der Waals surface area contributed by atoms with Gasteiger partial charge in [0, 0.05) is 50.3 Å². The predicted octanol–water partition coefficient (Wildman–Crippen LogP) is 6.06. The number of para-hydroxylation sites is 1. The van der Waals surface area contributed by atoms with Gasteiger partial charge >= 0.3 is 0 Å². The van der Waals surface area contributed by atoms with Gasteiger partial charge in [0.1, 0.15) is 23.0 Å². The number of halogens is 3. The van der Waals surface area contributed by atoms with E-state index in [1.165, 1.54) is 42.1 Å². The molecule has 2 aromatic heterocycles. The Kier molecular flexibility index (Phi) is 8.27. The van der Waals surface area contributed by atoms with Crippen LogP contribution in [-0.2, 0) is 11.3 Å². The Morgan fingerprint density at radius 2 is 1.62 bits per heavy atom. The van der Waals surface area contributed by atoms with Gasteiger partial charge in [0.25, 0.3) is 0 Å². The monoisotopic (exact) mass is 590 g/mol. The first-order valence-corrected chi connectivity index (χ1v) is 14.9. The van der Waals surface area contributed by atoms with Crippen LogP contribution in [-0.4, -0.2) is 62.5 Å². The Bertz CT molecular complexity index is 1720. The van der Waals surface area contributed by atoms with Crippen LogP contribution in [0.3, 0.4) is 0 Å². The molecule has 0 aliphatic carbocycles. The second-order valence-electron chi connectivity index (χ2n) is 10.3. The summed E-state index contributed by atoms with van der Waals surface area (Å²) in [4.78, 5) is 21.3. The molecule has 1 aliphatic heterocycles. The number of carbonyl (C=O) groups excluding carboxylic acids is 1. The Balaban J connectivity index is 1.05. The summed E-state index contributed by atoms with van der Waals surface area (Å²) in [5, 5.41) is 9.78. The number of hydrogen-bond donors (Lipinski definition) is 0. The van der Waals surface area contributed by atoms with E-state index in [-0.39, 0.29) is 23.4 Å². The second kappa shape index (κ2) is 12.4. The van der Waals surface area contributed by atoms with Crippen molar-refractivity contribution in [2.75, 3.05) is 36.8 Å². The number of thioether (sulfide) groups is 1. The number of aromatic nitrogens is 4. The van der Waals surface area contributed by atoms with Gasteiger partial charge in [-0.2, -0.15) is 0 Å². The fourth-order valence-corrected chi connectivity index (χ4v) is 6.09. The minimum Gasteiger partial charge on any atom is -0.366 e. The molecule has 0 bridgehead atoms. The van der Waals surface area contributed by atoms with E-state index in [9.17, 15) is 18.0 Å². The van der Waals surface area contributed by atoms with Gasteiger partial charge < -0.3 is 14.4 Å². The highest BCUT2D eigenvalue weighted by atomic mass is 32.2. The summed E-state index contributed by atoms with van der Waals surface area (Å²) in [5.41, 5.74) is 3.33. The molecule has 1 fully saturated rings. The minimum absolute atomic E-state index is 0.116. The molecular weight excluding hydrogens is 561 g/mol. The number of piperazine rings is 1. The molecular formula is C31H29F3N6OS. The van der Waals surface area contributed by atoms with E-state index in [0.717, 1.165) is 23.9 Å². The number of fused-ring (bicyclic) bond motifs is 3. The van der Waals surface area contributed by atoms with Crippen LogP contribution >= 0.6 is 11.8 Å². The predicted molar refractivity (Wildman–Crippen MR) is 158 cm³/mol. The van der Waals surface area contributed by atoms with Crippen molar-refractivity contribution in [1.82, 2.24) is 24.6 Å². The smallest absolute Gasteiger partial charge is 0.222 e. The van der Waals surface area contributed by atoms with Gasteiger partial charge in [-0.1, -0.05) is 36.0 Å². The summed E-state index contributed by atoms with van der Waals surface area (Å²) >= 11 is 1.46. The average Bonchev–Trinajstić information content (AvgIpc) is 3.30. The van der Waals surface area contributed by atoms with Crippen LogP contribution in [0.2, 0.25) is 0 Å². The summed E-state index contributed by atoms with van der Waals surface area (Å²) in [6, 6.07) is 17.5. The van der Waals surface area contributed by atoms with Gasteiger partial charge in [-0.25, -0.2) is 18.2 Å². The molecule has 7 nitrogen and oxygen atoms in total. The number of rotatable bonds is 9. The first kappa shape index (κ1) is 28.0. The number of hydrogen-bond acceptors (Lipinski definition) is 6. The molecule has 1 aliphatic rings. The van der Waals surface area contributed by atoms with Crippen LogP contribution in [0.1, 0.15) is 24.8 Å². The molecule has 0 N–H and O–H groups in total. The SMILES string of the molecule is O=C(CCCCSc1nnc2c3cc(F)ccc3n(Cc3ccc(F)cc3)c2n1)N1CCN(c2ccccc2F)CC1. The van der Waals surface area contributed by atoms with E-state index in [1.807, 2.05) is 20.4 Å². The van der Waals surface area contributed by atoms with Crippen LogP contribution < -0.4 is 4.90 Å². The zero-order chi connectivity index (χ0) is 29.1. The van der Waals surface area contributed by atoms with Gasteiger partial charge in [0.2, 0.25) is 11.1 Å². The Labute approximate surface area is 245 Å². The topological polar surface area (TPSA) is 67.2 Å². The Morgan fingerprint density at radius 1 is 0.857 bits per heavy atom. The van der Waals surface area contributed by atoms with Crippen molar-refractivity contribution in [2.24, 2.45) is 0 Å². The molecule has 0 radical (unpaired) electrons. The van der Waals surface area contributed by atoms with E-state index in [4.69, 9.17) is 4.98 Å². The molecule has 0 saturated carbocycles. The molecule has 11 heteroatoms. The highest BCUT2D eigenvalue weighted by Gasteiger charge is 2.22. The minimum atomic E-state index is -0.370. The molecule has 42 heavy (non-hydrogen) atoms. The average molecular weight is 591 g/mol. The second-order valence-corrected chi connectivity index (χ2v) is 11.3. The lowest BCUT2D eigenvalue weighted by atomic mass is 10.2. The molecule has 1 amide bonds. The van der Waals surface area contributed by atoms with Gasteiger partial charge in [-0.3, -0.25) is 4.79 Å². The van der Waals surface area contributed by atoms with Crippen molar-refractivity contribution >= 4 is 45.4 Å². The van der Waals surface area contributed by atoms with Crippen molar-refractivity contribution in [1.29, 1.82) is 0 Å². The first-order valence-electron chi connectivity index (χ1n) is 13.9. The van der Waals surface area contributed by atoms with Crippen LogP contribution in [0.5, 0.6) is 0 Å². The van der Waals surface area contributed by atoms with Crippen molar-refractivity contribution in [2.45, 2.75) is 31.0 Å². The summed E-state index contributed by atoms with van der Waals surface area (Å²) in [6.07, 6.45) is 1.99. The Morgan fingerprint density at radius 3 is 2.40 bits per heavy atom. The normalized spacial score (nSPS) is 13.8. The lowest BCUT2D eigenvalue weighted by Crippen LogP contribution is -2.49. The third-order valence-electron chi connectivity index (χ3n) is 7.50. The van der Waals surface area contributed by atoms with Crippen molar-refractivity contribution in [3.8, 4) is 0 Å². The van der Waals surface area contributed by atoms with Crippen LogP contribution in [0.4, 0.5) is 18.9 Å². The molecule has 6 rings (SSSR count). The zero-order valence-electron chi connectivity index (χ0n) is 22.8. The molecule has 0 spiro atoms. The molecule has 216 valence electrons. The first-order chi connectivity index (χ1) is 20.5. The van der Waals surface area contributed by atoms with Crippen molar-refractivity contribution in [3.05, 3.63) is 89.7 Å². The van der Waals surface area contributed by atoms with Gasteiger partial charge in [0.05, 0.1) is 11.2 Å². The van der Waals surface area contributed by atoms with Crippen molar-refractivity contribution in [3.63, 3.8) is 0 Å². The van der Waals surface area contributed by atoms with E-state index in [2.05, 4.69) is 10.2 Å². The fourth-order valence-electron chi connectivity index (χ4n) is 5.31. The van der Waals surface area contributed by atoms with Crippen LogP contribution in [0, 0.1) is 17.5 Å². The quantitative estimate of drug-likeness (QED) is 0.154. The van der Waals surface area contributed by atoms with E-state index in [1.54, 1.807) is 30.3 Å².